The minimum absolute atomic E-state index is 0.529. The summed E-state index contributed by atoms with van der Waals surface area (Å²) in [6, 6.07) is 11.3. The predicted octanol–water partition coefficient (Wildman–Crippen LogP) is 2.51. The molecule has 0 amide bonds. The van der Waals surface area contributed by atoms with Gasteiger partial charge in [-0.05, 0) is 30.3 Å². The molecule has 0 fully saturated rings. The summed E-state index contributed by atoms with van der Waals surface area (Å²) in [5, 5.41) is 17.3. The molecule has 5 heteroatoms. The molecule has 84 valence electrons. The van der Waals surface area contributed by atoms with Gasteiger partial charge in [0.15, 0.2) is 0 Å². The van der Waals surface area contributed by atoms with E-state index in [1.54, 1.807) is 13.2 Å². The number of ether oxygens (including phenoxy) is 1. The lowest BCUT2D eigenvalue weighted by Crippen LogP contribution is -1.89. The zero-order valence-electron chi connectivity index (χ0n) is 9.12. The fourth-order valence-electron chi connectivity index (χ4n) is 1.23. The Kier molecular flexibility index (Phi) is 3.58. The molecule has 0 saturated carbocycles. The van der Waals surface area contributed by atoms with Crippen molar-refractivity contribution in [2.45, 2.75) is 9.92 Å². The largest absolute Gasteiger partial charge is 0.497 e. The van der Waals surface area contributed by atoms with Crippen LogP contribution in [-0.2, 0) is 0 Å². The van der Waals surface area contributed by atoms with Gasteiger partial charge in [0.05, 0.1) is 18.9 Å². The molecular weight excluding hydrogens is 234 g/mol. The van der Waals surface area contributed by atoms with Gasteiger partial charge in [0.1, 0.15) is 16.8 Å². The molecule has 4 nitrogen and oxygen atoms in total. The van der Waals surface area contributed by atoms with E-state index in [1.165, 1.54) is 18.0 Å². The molecule has 0 aliphatic heterocycles. The highest BCUT2D eigenvalue weighted by Crippen LogP contribution is 2.28. The first-order valence-electron chi connectivity index (χ1n) is 4.87. The topological polar surface area (TPSA) is 58.8 Å². The summed E-state index contributed by atoms with van der Waals surface area (Å²) >= 11 is 1.41. The first-order valence-corrected chi connectivity index (χ1v) is 5.69. The van der Waals surface area contributed by atoms with Crippen molar-refractivity contribution >= 4 is 11.8 Å². The first kappa shape index (κ1) is 11.4. The predicted molar refractivity (Wildman–Crippen MR) is 63.9 cm³/mol. The molecule has 0 bridgehead atoms. The van der Waals surface area contributed by atoms with Crippen LogP contribution in [0.3, 0.4) is 0 Å². The fourth-order valence-corrected chi connectivity index (χ4v) is 2.04. The first-order chi connectivity index (χ1) is 8.33. The van der Waals surface area contributed by atoms with Crippen LogP contribution in [-0.4, -0.2) is 17.3 Å². The van der Waals surface area contributed by atoms with Gasteiger partial charge in [-0.3, -0.25) is 0 Å². The molecule has 0 spiro atoms. The molecule has 17 heavy (non-hydrogen) atoms. The second-order valence-electron chi connectivity index (χ2n) is 3.14. The van der Waals surface area contributed by atoms with Crippen molar-refractivity contribution < 1.29 is 4.74 Å². The summed E-state index contributed by atoms with van der Waals surface area (Å²) in [5.74, 6) is 0.800. The molecule has 0 unspecified atom stereocenters. The minimum atomic E-state index is 0.529. The van der Waals surface area contributed by atoms with Crippen molar-refractivity contribution in [1.82, 2.24) is 10.2 Å². The Hall–Kier alpha value is -2.06. The van der Waals surface area contributed by atoms with E-state index in [0.717, 1.165) is 10.6 Å². The van der Waals surface area contributed by atoms with Crippen LogP contribution in [0.25, 0.3) is 0 Å². The highest BCUT2D eigenvalue weighted by molar-refractivity contribution is 7.99. The standard InChI is InChI=1S/C12H9N3OS/c1-16-10-2-4-11(5-3-10)17-12-9(8-13)6-7-14-15-12/h2-7H,1H3. The van der Waals surface area contributed by atoms with Crippen LogP contribution < -0.4 is 4.74 Å². The maximum atomic E-state index is 8.93. The van der Waals surface area contributed by atoms with E-state index in [1.807, 2.05) is 24.3 Å². The Bertz CT molecular complexity index is 548. The monoisotopic (exact) mass is 243 g/mol. The summed E-state index contributed by atoms with van der Waals surface area (Å²) < 4.78 is 5.07. The van der Waals surface area contributed by atoms with Gasteiger partial charge in [-0.25, -0.2) is 0 Å². The van der Waals surface area contributed by atoms with Crippen LogP contribution in [0.1, 0.15) is 5.56 Å². The van der Waals surface area contributed by atoms with Gasteiger partial charge in [-0.15, -0.1) is 5.10 Å². The number of nitriles is 1. The highest BCUT2D eigenvalue weighted by atomic mass is 32.2. The lowest BCUT2D eigenvalue weighted by atomic mass is 10.3. The Balaban J connectivity index is 2.23. The maximum absolute atomic E-state index is 8.93. The Labute approximate surface area is 103 Å². The number of rotatable bonds is 3. The Morgan fingerprint density at radius 1 is 1.24 bits per heavy atom. The molecule has 0 radical (unpaired) electrons. The second kappa shape index (κ2) is 5.32. The van der Waals surface area contributed by atoms with Crippen molar-refractivity contribution in [3.05, 3.63) is 42.1 Å². The van der Waals surface area contributed by atoms with Gasteiger partial charge < -0.3 is 4.74 Å². The lowest BCUT2D eigenvalue weighted by Gasteiger charge is -2.03. The quantitative estimate of drug-likeness (QED) is 0.829. The molecule has 0 saturated heterocycles. The number of benzene rings is 1. The Morgan fingerprint density at radius 2 is 2.00 bits per heavy atom. The molecule has 0 atom stereocenters. The number of hydrogen-bond acceptors (Lipinski definition) is 5. The molecule has 0 aliphatic rings. The average Bonchev–Trinajstić information content (AvgIpc) is 2.40. The van der Waals surface area contributed by atoms with Crippen molar-refractivity contribution in [3.63, 3.8) is 0 Å². The molecule has 2 rings (SSSR count). The SMILES string of the molecule is COc1ccc(Sc2nnccc2C#N)cc1. The van der Waals surface area contributed by atoms with E-state index in [-0.39, 0.29) is 0 Å². The third kappa shape index (κ3) is 2.74. The third-order valence-electron chi connectivity index (χ3n) is 2.08. The third-order valence-corrected chi connectivity index (χ3v) is 3.08. The molecule has 0 N–H and O–H groups in total. The van der Waals surface area contributed by atoms with Crippen molar-refractivity contribution in [3.8, 4) is 11.8 Å². The fraction of sp³-hybridized carbons (Fsp3) is 0.0833. The van der Waals surface area contributed by atoms with Gasteiger partial charge in [0.2, 0.25) is 0 Å². The van der Waals surface area contributed by atoms with Crippen molar-refractivity contribution in [1.29, 1.82) is 5.26 Å². The van der Waals surface area contributed by atoms with Gasteiger partial charge in [0.25, 0.3) is 0 Å². The number of methoxy groups -OCH3 is 1. The minimum Gasteiger partial charge on any atom is -0.497 e. The molecule has 2 aromatic rings. The molecule has 1 aromatic carbocycles. The highest BCUT2D eigenvalue weighted by Gasteiger charge is 2.05. The smallest absolute Gasteiger partial charge is 0.141 e. The van der Waals surface area contributed by atoms with Gasteiger partial charge >= 0.3 is 0 Å². The van der Waals surface area contributed by atoms with Crippen LogP contribution >= 0.6 is 11.8 Å². The molecule has 0 aliphatic carbocycles. The number of aromatic nitrogens is 2. The Morgan fingerprint density at radius 3 is 2.65 bits per heavy atom. The number of hydrogen-bond donors (Lipinski definition) is 0. The van der Waals surface area contributed by atoms with E-state index < -0.39 is 0 Å². The lowest BCUT2D eigenvalue weighted by molar-refractivity contribution is 0.414. The van der Waals surface area contributed by atoms with Crippen LogP contribution in [0.5, 0.6) is 5.75 Å². The van der Waals surface area contributed by atoms with Crippen molar-refractivity contribution in [2.75, 3.05) is 7.11 Å². The van der Waals surface area contributed by atoms with Gasteiger partial charge in [-0.1, -0.05) is 11.8 Å². The van der Waals surface area contributed by atoms with Gasteiger partial charge in [-0.2, -0.15) is 10.4 Å². The maximum Gasteiger partial charge on any atom is 0.141 e. The summed E-state index contributed by atoms with van der Waals surface area (Å²) in [6.45, 7) is 0. The summed E-state index contributed by atoms with van der Waals surface area (Å²) in [5.41, 5.74) is 0.529. The molecular formula is C12H9N3OS. The normalized spacial score (nSPS) is 9.65. The van der Waals surface area contributed by atoms with E-state index >= 15 is 0 Å². The molecule has 1 aromatic heterocycles. The van der Waals surface area contributed by atoms with Crippen LogP contribution in [0.15, 0.2) is 46.5 Å². The van der Waals surface area contributed by atoms with E-state index in [0.29, 0.717) is 10.6 Å². The number of nitrogens with zero attached hydrogens (tertiary/aromatic N) is 3. The second-order valence-corrected chi connectivity index (χ2v) is 4.20. The zero-order valence-corrected chi connectivity index (χ0v) is 9.94. The van der Waals surface area contributed by atoms with E-state index in [9.17, 15) is 0 Å². The summed E-state index contributed by atoms with van der Waals surface area (Å²) in [6.07, 6.45) is 1.51. The zero-order chi connectivity index (χ0) is 12.1. The van der Waals surface area contributed by atoms with Crippen LogP contribution in [0.2, 0.25) is 0 Å². The van der Waals surface area contributed by atoms with Crippen LogP contribution in [0.4, 0.5) is 0 Å². The van der Waals surface area contributed by atoms with Gasteiger partial charge in [0, 0.05) is 4.90 Å². The van der Waals surface area contributed by atoms with E-state index in [4.69, 9.17) is 10.00 Å². The summed E-state index contributed by atoms with van der Waals surface area (Å²) in [7, 11) is 1.62. The summed E-state index contributed by atoms with van der Waals surface area (Å²) in [4.78, 5) is 0.989. The molecule has 1 heterocycles. The van der Waals surface area contributed by atoms with Crippen molar-refractivity contribution in [2.24, 2.45) is 0 Å². The van der Waals surface area contributed by atoms with Crippen LogP contribution in [0, 0.1) is 11.3 Å². The average molecular weight is 243 g/mol. The van der Waals surface area contributed by atoms with E-state index in [2.05, 4.69) is 16.3 Å².